The van der Waals surface area contributed by atoms with Crippen LogP contribution in [0.4, 0.5) is 0 Å². The first kappa shape index (κ1) is 31.2. The molecule has 0 unspecified atom stereocenters. The van der Waals surface area contributed by atoms with Crippen LogP contribution in [0.1, 0.15) is 47.5 Å². The van der Waals surface area contributed by atoms with Gasteiger partial charge in [0.2, 0.25) is 0 Å². The Hall–Kier alpha value is 0.154. The van der Waals surface area contributed by atoms with Gasteiger partial charge in [-0.3, -0.25) is 4.90 Å². The molecular weight excluding hydrogens is 430 g/mol. The minimum atomic E-state index is -2.01. The standard InChI is InChI=1S/C22H51NO6Si2/c1-8-23(15-19-24-17-13-21-30(6,26-9-2)27-10-3)16-20-25-18-14-22-31(7,28-11-4)29-12-5/h8-22H2,1-7H3. The van der Waals surface area contributed by atoms with Crippen LogP contribution in [0, 0.1) is 0 Å². The molecule has 9 heteroatoms. The number of rotatable bonds is 23. The molecular formula is C22H51NO6Si2. The fraction of sp³-hybridized carbons (Fsp3) is 1.00. The van der Waals surface area contributed by atoms with Crippen molar-refractivity contribution in [1.29, 1.82) is 0 Å². The Labute approximate surface area is 194 Å². The van der Waals surface area contributed by atoms with E-state index in [4.69, 9.17) is 27.2 Å². The predicted molar refractivity (Wildman–Crippen MR) is 132 cm³/mol. The zero-order valence-electron chi connectivity index (χ0n) is 21.5. The molecule has 0 aromatic carbocycles. The normalized spacial score (nSPS) is 12.8. The van der Waals surface area contributed by atoms with Gasteiger partial charge in [-0.05, 0) is 72.3 Å². The number of hydrogen-bond acceptors (Lipinski definition) is 7. The van der Waals surface area contributed by atoms with E-state index in [0.717, 1.165) is 97.4 Å². The quantitative estimate of drug-likeness (QED) is 0.158. The van der Waals surface area contributed by atoms with Gasteiger partial charge in [0.15, 0.2) is 0 Å². The van der Waals surface area contributed by atoms with Crippen LogP contribution in [-0.4, -0.2) is 94.5 Å². The second-order valence-electron chi connectivity index (χ2n) is 7.87. The summed E-state index contributed by atoms with van der Waals surface area (Å²) in [6, 6.07) is 1.96. The van der Waals surface area contributed by atoms with Crippen LogP contribution < -0.4 is 0 Å². The smallest absolute Gasteiger partial charge is 0.334 e. The fourth-order valence-electron chi connectivity index (χ4n) is 3.60. The van der Waals surface area contributed by atoms with Gasteiger partial charge in [-0.2, -0.15) is 0 Å². The van der Waals surface area contributed by atoms with Crippen LogP contribution in [0.2, 0.25) is 25.2 Å². The van der Waals surface area contributed by atoms with Gasteiger partial charge in [0, 0.05) is 52.7 Å². The first-order chi connectivity index (χ1) is 14.9. The summed E-state index contributed by atoms with van der Waals surface area (Å²) in [5.41, 5.74) is 0. The van der Waals surface area contributed by atoms with Crippen LogP contribution in [0.15, 0.2) is 0 Å². The van der Waals surface area contributed by atoms with E-state index in [9.17, 15) is 0 Å². The van der Waals surface area contributed by atoms with Gasteiger partial charge < -0.3 is 27.2 Å². The van der Waals surface area contributed by atoms with Crippen molar-refractivity contribution >= 4 is 17.1 Å². The molecule has 0 rings (SSSR count). The van der Waals surface area contributed by atoms with Gasteiger partial charge >= 0.3 is 17.1 Å². The van der Waals surface area contributed by atoms with E-state index in [1.54, 1.807) is 0 Å². The van der Waals surface area contributed by atoms with Crippen molar-refractivity contribution in [3.63, 3.8) is 0 Å². The lowest BCUT2D eigenvalue weighted by molar-refractivity contribution is 0.0750. The highest BCUT2D eigenvalue weighted by Crippen LogP contribution is 2.16. The molecule has 0 saturated heterocycles. The maximum Gasteiger partial charge on any atom is 0.334 e. The highest BCUT2D eigenvalue weighted by Gasteiger charge is 2.30. The Kier molecular flexibility index (Phi) is 19.7. The van der Waals surface area contributed by atoms with Crippen LogP contribution in [0.5, 0.6) is 0 Å². The zero-order valence-corrected chi connectivity index (χ0v) is 23.5. The molecule has 0 aliphatic rings. The van der Waals surface area contributed by atoms with Crippen molar-refractivity contribution in [2.24, 2.45) is 0 Å². The molecule has 0 fully saturated rings. The summed E-state index contributed by atoms with van der Waals surface area (Å²) in [5.74, 6) is 0. The van der Waals surface area contributed by atoms with E-state index in [1.807, 2.05) is 27.7 Å². The fourth-order valence-corrected chi connectivity index (χ4v) is 8.36. The monoisotopic (exact) mass is 481 g/mol. The summed E-state index contributed by atoms with van der Waals surface area (Å²) in [6.45, 7) is 23.4. The summed E-state index contributed by atoms with van der Waals surface area (Å²) in [7, 11) is -4.02. The van der Waals surface area contributed by atoms with E-state index >= 15 is 0 Å². The first-order valence-electron chi connectivity index (χ1n) is 12.3. The molecule has 0 radical (unpaired) electrons. The molecule has 0 atom stereocenters. The Morgan fingerprint density at radius 2 is 0.903 bits per heavy atom. The average Bonchev–Trinajstić information content (AvgIpc) is 2.72. The summed E-state index contributed by atoms with van der Waals surface area (Å²) in [6.07, 6.45) is 1.98. The molecule has 0 saturated carbocycles. The van der Waals surface area contributed by atoms with Crippen molar-refractivity contribution in [1.82, 2.24) is 4.90 Å². The lowest BCUT2D eigenvalue weighted by atomic mass is 10.4. The molecule has 0 N–H and O–H groups in total. The number of ether oxygens (including phenoxy) is 2. The van der Waals surface area contributed by atoms with Crippen LogP contribution in [0.3, 0.4) is 0 Å². The molecule has 0 heterocycles. The topological polar surface area (TPSA) is 58.6 Å². The predicted octanol–water partition coefficient (Wildman–Crippen LogP) is 4.41. The van der Waals surface area contributed by atoms with Crippen molar-refractivity contribution < 1.29 is 27.2 Å². The van der Waals surface area contributed by atoms with Gasteiger partial charge in [-0.1, -0.05) is 6.92 Å². The lowest BCUT2D eigenvalue weighted by Crippen LogP contribution is -2.39. The summed E-state index contributed by atoms with van der Waals surface area (Å²) in [4.78, 5) is 2.37. The van der Waals surface area contributed by atoms with Crippen molar-refractivity contribution in [2.75, 3.05) is 72.5 Å². The van der Waals surface area contributed by atoms with E-state index in [-0.39, 0.29) is 0 Å². The van der Waals surface area contributed by atoms with Crippen molar-refractivity contribution in [3.05, 3.63) is 0 Å². The van der Waals surface area contributed by atoms with Crippen LogP contribution in [0.25, 0.3) is 0 Å². The maximum absolute atomic E-state index is 5.87. The minimum Gasteiger partial charge on any atom is -0.395 e. The molecule has 0 aromatic rings. The third kappa shape index (κ3) is 16.4. The van der Waals surface area contributed by atoms with E-state index in [0.29, 0.717) is 0 Å². The second-order valence-corrected chi connectivity index (χ2v) is 14.6. The van der Waals surface area contributed by atoms with E-state index < -0.39 is 17.1 Å². The SMILES string of the molecule is CCO[Si](C)(CCCOCCN(CC)CCOCCC[Si](C)(OCC)OCC)OCC. The Balaban J connectivity index is 3.84. The van der Waals surface area contributed by atoms with Gasteiger partial charge in [-0.25, -0.2) is 0 Å². The van der Waals surface area contributed by atoms with E-state index in [2.05, 4.69) is 24.9 Å². The van der Waals surface area contributed by atoms with Gasteiger partial charge in [0.1, 0.15) is 0 Å². The van der Waals surface area contributed by atoms with Crippen molar-refractivity contribution in [3.8, 4) is 0 Å². The van der Waals surface area contributed by atoms with Crippen LogP contribution >= 0.6 is 0 Å². The summed E-state index contributed by atoms with van der Waals surface area (Å²) < 4.78 is 35.2. The third-order valence-corrected chi connectivity index (χ3v) is 11.3. The highest BCUT2D eigenvalue weighted by atomic mass is 28.4. The highest BCUT2D eigenvalue weighted by molar-refractivity contribution is 6.66. The molecule has 188 valence electrons. The molecule has 0 amide bonds. The Morgan fingerprint density at radius 3 is 1.19 bits per heavy atom. The Bertz CT molecular complexity index is 360. The van der Waals surface area contributed by atoms with E-state index in [1.165, 1.54) is 0 Å². The number of nitrogens with zero attached hydrogens (tertiary/aromatic N) is 1. The lowest BCUT2D eigenvalue weighted by Gasteiger charge is -2.26. The van der Waals surface area contributed by atoms with Crippen LogP contribution in [-0.2, 0) is 27.2 Å². The van der Waals surface area contributed by atoms with Gasteiger partial charge in [0.05, 0.1) is 13.2 Å². The van der Waals surface area contributed by atoms with Crippen molar-refractivity contribution in [2.45, 2.75) is 72.6 Å². The molecule has 0 aliphatic carbocycles. The molecule has 0 aliphatic heterocycles. The first-order valence-corrected chi connectivity index (χ1v) is 17.4. The largest absolute Gasteiger partial charge is 0.395 e. The Morgan fingerprint density at radius 1 is 0.548 bits per heavy atom. The maximum atomic E-state index is 5.87. The molecule has 31 heavy (non-hydrogen) atoms. The zero-order chi connectivity index (χ0) is 23.4. The molecule has 0 aromatic heterocycles. The van der Waals surface area contributed by atoms with Gasteiger partial charge in [-0.15, -0.1) is 0 Å². The summed E-state index contributed by atoms with van der Waals surface area (Å²) in [5, 5.41) is 0. The minimum absolute atomic E-state index is 0.720. The summed E-state index contributed by atoms with van der Waals surface area (Å²) >= 11 is 0. The number of likely N-dealkylation sites (N-methyl/N-ethyl adjacent to an activating group) is 1. The third-order valence-electron chi connectivity index (χ3n) is 5.19. The average molecular weight is 482 g/mol. The second kappa shape index (κ2) is 19.6. The molecule has 7 nitrogen and oxygen atoms in total. The molecule has 0 bridgehead atoms. The number of hydrogen-bond donors (Lipinski definition) is 0. The van der Waals surface area contributed by atoms with Gasteiger partial charge in [0.25, 0.3) is 0 Å². The molecule has 0 spiro atoms.